The van der Waals surface area contributed by atoms with E-state index in [2.05, 4.69) is 15.2 Å². The van der Waals surface area contributed by atoms with Crippen LogP contribution >= 0.6 is 11.6 Å². The molecule has 254 valence electrons. The molecule has 3 aliphatic heterocycles. The van der Waals surface area contributed by atoms with Crippen molar-refractivity contribution in [3.05, 3.63) is 82.6 Å². The zero-order valence-electron chi connectivity index (χ0n) is 26.3. The van der Waals surface area contributed by atoms with E-state index in [1.807, 2.05) is 36.4 Å². The Morgan fingerprint density at radius 1 is 0.979 bits per heavy atom. The molecule has 0 unspecified atom stereocenters. The molecule has 0 spiro atoms. The SMILES string of the molecule is Nc1c(Cl)cc(C[C@@H](CC(=O)N2CCC(N3Cc4ccccc4NC3=O)CC2)C(=O)N2CCN(c3ccncc3)CC2)cc1C(F)(F)F. The van der Waals surface area contributed by atoms with Gasteiger partial charge in [-0.15, -0.1) is 0 Å². The number of amides is 4. The van der Waals surface area contributed by atoms with Gasteiger partial charge in [-0.1, -0.05) is 29.8 Å². The van der Waals surface area contributed by atoms with Crippen LogP contribution in [0.25, 0.3) is 0 Å². The van der Waals surface area contributed by atoms with Crippen molar-refractivity contribution in [1.29, 1.82) is 0 Å². The molecule has 48 heavy (non-hydrogen) atoms. The summed E-state index contributed by atoms with van der Waals surface area (Å²) in [4.78, 5) is 51.9. The van der Waals surface area contributed by atoms with Crippen molar-refractivity contribution in [2.45, 2.75) is 44.4 Å². The molecule has 2 saturated heterocycles. The number of hydrogen-bond donors (Lipinski definition) is 2. The van der Waals surface area contributed by atoms with E-state index < -0.39 is 23.3 Å². The number of piperazine rings is 1. The van der Waals surface area contributed by atoms with Crippen LogP contribution in [0.5, 0.6) is 0 Å². The Balaban J connectivity index is 1.14. The topological polar surface area (TPSA) is 115 Å². The zero-order valence-corrected chi connectivity index (χ0v) is 27.0. The molecule has 2 aromatic carbocycles. The highest BCUT2D eigenvalue weighted by atomic mass is 35.5. The highest BCUT2D eigenvalue weighted by Crippen LogP contribution is 2.38. The largest absolute Gasteiger partial charge is 0.418 e. The van der Waals surface area contributed by atoms with E-state index in [0.29, 0.717) is 58.7 Å². The number of carbonyl (C=O) groups is 3. The van der Waals surface area contributed by atoms with Crippen LogP contribution in [0.4, 0.5) is 35.0 Å². The van der Waals surface area contributed by atoms with Crippen molar-refractivity contribution in [2.24, 2.45) is 5.92 Å². The maximum absolute atomic E-state index is 14.0. The predicted octanol–water partition coefficient (Wildman–Crippen LogP) is 5.27. The molecule has 10 nitrogen and oxygen atoms in total. The standard InChI is InChI=1S/C34H37ClF3N7O3/c35-28-19-22(18-27(31(28)39)34(36,37)38)17-24(32(47)44-15-13-42(14-16-44)25-5-9-40-10-6-25)20-30(46)43-11-7-26(8-12-43)45-21-23-3-1-2-4-29(23)41-33(45)48/h1-6,9-10,18-19,24,26H,7-8,11-17,20-21,39H2,(H,41,48)/t24-/m0/s1. The Hall–Kier alpha value is -4.52. The summed E-state index contributed by atoms with van der Waals surface area (Å²) in [5.41, 5.74) is 6.99. The van der Waals surface area contributed by atoms with Crippen molar-refractivity contribution in [1.82, 2.24) is 19.7 Å². The van der Waals surface area contributed by atoms with E-state index in [1.165, 1.54) is 6.07 Å². The first-order chi connectivity index (χ1) is 23.0. The first kappa shape index (κ1) is 33.4. The Labute approximate surface area is 281 Å². The van der Waals surface area contributed by atoms with Crippen LogP contribution in [-0.4, -0.2) is 82.8 Å². The number of hydrogen-bond acceptors (Lipinski definition) is 6. The number of nitrogens with two attached hydrogens (primary N) is 1. The quantitative estimate of drug-likeness (QED) is 0.328. The second-order valence-corrected chi connectivity index (χ2v) is 12.9. The van der Waals surface area contributed by atoms with E-state index in [1.54, 1.807) is 27.1 Å². The fraction of sp³-hybridized carbons (Fsp3) is 0.412. The number of piperidine rings is 1. The molecule has 1 atom stereocenters. The van der Waals surface area contributed by atoms with E-state index in [4.69, 9.17) is 17.3 Å². The number of halogens is 4. The Kier molecular flexibility index (Phi) is 9.68. The minimum absolute atomic E-state index is 0.0609. The summed E-state index contributed by atoms with van der Waals surface area (Å²) < 4.78 is 41.3. The molecule has 4 heterocycles. The molecular weight excluding hydrogens is 647 g/mol. The monoisotopic (exact) mass is 683 g/mol. The Bertz CT molecular complexity index is 1660. The minimum atomic E-state index is -4.74. The van der Waals surface area contributed by atoms with Gasteiger partial charge in [-0.05, 0) is 60.7 Å². The molecule has 0 bridgehead atoms. The van der Waals surface area contributed by atoms with Crippen LogP contribution in [0.2, 0.25) is 5.02 Å². The number of urea groups is 1. The van der Waals surface area contributed by atoms with Gasteiger partial charge in [0.25, 0.3) is 0 Å². The fourth-order valence-corrected chi connectivity index (χ4v) is 7.08. The number of para-hydroxylation sites is 1. The number of pyridine rings is 1. The van der Waals surface area contributed by atoms with Gasteiger partial charge in [-0.3, -0.25) is 14.6 Å². The molecule has 0 saturated carbocycles. The number of nitrogens with zero attached hydrogens (tertiary/aromatic N) is 5. The number of carbonyl (C=O) groups excluding carboxylic acids is 3. The van der Waals surface area contributed by atoms with E-state index >= 15 is 0 Å². The number of anilines is 3. The Morgan fingerprint density at radius 3 is 2.35 bits per heavy atom. The van der Waals surface area contributed by atoms with Crippen LogP contribution in [0, 0.1) is 5.92 Å². The van der Waals surface area contributed by atoms with Crippen molar-refractivity contribution < 1.29 is 27.6 Å². The minimum Gasteiger partial charge on any atom is -0.397 e. The first-order valence-corrected chi connectivity index (χ1v) is 16.4. The molecule has 6 rings (SSSR count). The van der Waals surface area contributed by atoms with Gasteiger partial charge in [0.1, 0.15) is 0 Å². The van der Waals surface area contributed by atoms with Crippen LogP contribution < -0.4 is 16.0 Å². The molecule has 2 fully saturated rings. The highest BCUT2D eigenvalue weighted by Gasteiger charge is 2.37. The third-order valence-corrected chi connectivity index (χ3v) is 9.80. The smallest absolute Gasteiger partial charge is 0.397 e. The lowest BCUT2D eigenvalue weighted by Gasteiger charge is -2.41. The van der Waals surface area contributed by atoms with Crippen LogP contribution in [0.15, 0.2) is 60.9 Å². The molecule has 3 N–H and O–H groups in total. The summed E-state index contributed by atoms with van der Waals surface area (Å²) in [6.07, 6.45) is -0.481. The predicted molar refractivity (Wildman–Crippen MR) is 176 cm³/mol. The summed E-state index contributed by atoms with van der Waals surface area (Å²) >= 11 is 6.12. The van der Waals surface area contributed by atoms with Crippen LogP contribution in [0.1, 0.15) is 36.0 Å². The number of fused-ring (bicyclic) bond motifs is 1. The molecule has 3 aromatic rings. The molecule has 14 heteroatoms. The van der Waals surface area contributed by atoms with Crippen molar-refractivity contribution >= 4 is 46.5 Å². The number of aromatic nitrogens is 1. The van der Waals surface area contributed by atoms with Gasteiger partial charge < -0.3 is 30.7 Å². The maximum atomic E-state index is 14.0. The second kappa shape index (κ2) is 13.9. The summed E-state index contributed by atoms with van der Waals surface area (Å²) in [6, 6.07) is 13.4. The van der Waals surface area contributed by atoms with Crippen LogP contribution in [-0.2, 0) is 28.7 Å². The average Bonchev–Trinajstić information content (AvgIpc) is 3.09. The Morgan fingerprint density at radius 2 is 1.67 bits per heavy atom. The molecule has 0 aliphatic carbocycles. The number of nitrogen functional groups attached to an aromatic ring is 1. The van der Waals surface area contributed by atoms with Gasteiger partial charge in [0.05, 0.1) is 22.2 Å². The number of alkyl halides is 3. The second-order valence-electron chi connectivity index (χ2n) is 12.5. The van der Waals surface area contributed by atoms with E-state index in [0.717, 1.165) is 23.0 Å². The maximum Gasteiger partial charge on any atom is 0.418 e. The van der Waals surface area contributed by atoms with Gasteiger partial charge >= 0.3 is 12.2 Å². The third-order valence-electron chi connectivity index (χ3n) is 9.48. The van der Waals surface area contributed by atoms with E-state index in [-0.39, 0.29) is 47.3 Å². The first-order valence-electron chi connectivity index (χ1n) is 16.0. The molecule has 1 aromatic heterocycles. The van der Waals surface area contributed by atoms with Gasteiger partial charge in [0.2, 0.25) is 11.8 Å². The van der Waals surface area contributed by atoms with E-state index in [9.17, 15) is 27.6 Å². The molecule has 3 aliphatic rings. The summed E-state index contributed by atoms with van der Waals surface area (Å²) in [6.45, 7) is 3.19. The van der Waals surface area contributed by atoms with Crippen molar-refractivity contribution in [2.75, 3.05) is 55.2 Å². The van der Waals surface area contributed by atoms with Crippen LogP contribution in [0.3, 0.4) is 0 Å². The summed E-state index contributed by atoms with van der Waals surface area (Å²) in [7, 11) is 0. The van der Waals surface area contributed by atoms with Crippen molar-refractivity contribution in [3.63, 3.8) is 0 Å². The van der Waals surface area contributed by atoms with Crippen molar-refractivity contribution in [3.8, 4) is 0 Å². The molecule has 4 amide bonds. The summed E-state index contributed by atoms with van der Waals surface area (Å²) in [5, 5.41) is 2.68. The zero-order chi connectivity index (χ0) is 34.0. The molecule has 0 radical (unpaired) electrons. The number of benzene rings is 2. The van der Waals surface area contributed by atoms with Gasteiger partial charge in [-0.2, -0.15) is 13.2 Å². The highest BCUT2D eigenvalue weighted by molar-refractivity contribution is 6.33. The lowest BCUT2D eigenvalue weighted by Crippen LogP contribution is -2.52. The lowest BCUT2D eigenvalue weighted by molar-refractivity contribution is -0.142. The fourth-order valence-electron chi connectivity index (χ4n) is 6.84. The third kappa shape index (κ3) is 7.30. The average molecular weight is 684 g/mol. The summed E-state index contributed by atoms with van der Waals surface area (Å²) in [5.74, 6) is -1.46. The normalized spacial score (nSPS) is 18.0. The van der Waals surface area contributed by atoms with Gasteiger partial charge in [-0.25, -0.2) is 4.79 Å². The van der Waals surface area contributed by atoms with Gasteiger partial charge in [0.15, 0.2) is 0 Å². The van der Waals surface area contributed by atoms with Gasteiger partial charge in [0, 0.05) is 82.0 Å². The number of likely N-dealkylation sites (tertiary alicyclic amines) is 1. The lowest BCUT2D eigenvalue weighted by atomic mass is 9.91. The number of rotatable bonds is 7. The number of nitrogens with one attached hydrogen (secondary N) is 1. The molecular formula is C34H37ClF3N7O3.